The molecule has 0 aliphatic rings. The lowest BCUT2D eigenvalue weighted by Crippen LogP contribution is -2.07. The molecule has 0 spiro atoms. The monoisotopic (exact) mass is 446 g/mol. The SMILES string of the molecule is C/C=C/C(=O)Nc1ccc2ncnc(Nc3ccc(Sc4ccccc4)c(Cl)c3)c2c1. The van der Waals surface area contributed by atoms with Crippen LogP contribution in [0.15, 0.2) is 95.0 Å². The number of carbonyl (C=O) groups excluding carboxylic acids is 1. The van der Waals surface area contributed by atoms with Gasteiger partial charge in [0.2, 0.25) is 5.91 Å². The maximum atomic E-state index is 11.9. The summed E-state index contributed by atoms with van der Waals surface area (Å²) in [5, 5.41) is 7.59. The van der Waals surface area contributed by atoms with Crippen molar-refractivity contribution in [3.05, 3.63) is 90.2 Å². The molecule has 31 heavy (non-hydrogen) atoms. The minimum absolute atomic E-state index is 0.188. The second-order valence-corrected chi connectivity index (χ2v) is 8.15. The molecule has 0 radical (unpaired) electrons. The Kier molecular flexibility index (Phi) is 6.50. The Hall–Kier alpha value is -3.35. The van der Waals surface area contributed by atoms with Crippen LogP contribution in [0.1, 0.15) is 6.92 Å². The number of rotatable bonds is 6. The highest BCUT2D eigenvalue weighted by atomic mass is 35.5. The fraction of sp³-hybridized carbons (Fsp3) is 0.0417. The quantitative estimate of drug-likeness (QED) is 0.323. The van der Waals surface area contributed by atoms with Gasteiger partial charge < -0.3 is 10.6 Å². The Labute approximate surface area is 189 Å². The summed E-state index contributed by atoms with van der Waals surface area (Å²) in [5.41, 5.74) is 2.25. The molecule has 1 heterocycles. The summed E-state index contributed by atoms with van der Waals surface area (Å²) in [4.78, 5) is 22.7. The number of aromatic nitrogens is 2. The fourth-order valence-corrected chi connectivity index (χ4v) is 4.12. The Morgan fingerprint density at radius 3 is 2.58 bits per heavy atom. The van der Waals surface area contributed by atoms with E-state index in [1.54, 1.807) is 24.8 Å². The first-order valence-electron chi connectivity index (χ1n) is 9.60. The van der Waals surface area contributed by atoms with Crippen LogP contribution in [0.3, 0.4) is 0 Å². The van der Waals surface area contributed by atoms with Crippen molar-refractivity contribution in [2.45, 2.75) is 16.7 Å². The summed E-state index contributed by atoms with van der Waals surface area (Å²) in [5.74, 6) is 0.443. The van der Waals surface area contributed by atoms with Crippen LogP contribution in [0.25, 0.3) is 10.9 Å². The number of amides is 1. The largest absolute Gasteiger partial charge is 0.340 e. The van der Waals surface area contributed by atoms with Gasteiger partial charge >= 0.3 is 0 Å². The van der Waals surface area contributed by atoms with Crippen molar-refractivity contribution in [1.82, 2.24) is 9.97 Å². The van der Waals surface area contributed by atoms with Gasteiger partial charge in [0, 0.05) is 26.6 Å². The average Bonchev–Trinajstić information content (AvgIpc) is 2.77. The van der Waals surface area contributed by atoms with E-state index in [-0.39, 0.29) is 5.91 Å². The molecule has 7 heteroatoms. The first-order chi connectivity index (χ1) is 15.1. The number of carbonyl (C=O) groups is 1. The van der Waals surface area contributed by atoms with Crippen LogP contribution in [0.5, 0.6) is 0 Å². The molecule has 1 aromatic heterocycles. The maximum absolute atomic E-state index is 11.9. The number of fused-ring (bicyclic) bond motifs is 1. The highest BCUT2D eigenvalue weighted by Crippen LogP contribution is 2.35. The number of halogens is 1. The zero-order valence-corrected chi connectivity index (χ0v) is 18.2. The number of benzene rings is 3. The van der Waals surface area contributed by atoms with Crippen molar-refractivity contribution in [1.29, 1.82) is 0 Å². The fourth-order valence-electron chi connectivity index (χ4n) is 2.98. The first-order valence-corrected chi connectivity index (χ1v) is 10.8. The molecule has 0 unspecified atom stereocenters. The third kappa shape index (κ3) is 5.23. The number of nitrogens with zero attached hydrogens (tertiary/aromatic N) is 2. The Bertz CT molecular complexity index is 1260. The number of allylic oxidation sites excluding steroid dienone is 1. The molecule has 154 valence electrons. The molecular weight excluding hydrogens is 428 g/mol. The average molecular weight is 447 g/mol. The summed E-state index contributed by atoms with van der Waals surface area (Å²) in [7, 11) is 0. The highest BCUT2D eigenvalue weighted by Gasteiger charge is 2.09. The second kappa shape index (κ2) is 9.64. The van der Waals surface area contributed by atoms with Crippen LogP contribution >= 0.6 is 23.4 Å². The Balaban J connectivity index is 1.59. The van der Waals surface area contributed by atoms with E-state index in [2.05, 4.69) is 20.6 Å². The van der Waals surface area contributed by atoms with Gasteiger partial charge in [0.25, 0.3) is 0 Å². The van der Waals surface area contributed by atoms with Gasteiger partial charge in [-0.1, -0.05) is 47.6 Å². The van der Waals surface area contributed by atoms with Gasteiger partial charge in [-0.2, -0.15) is 0 Å². The number of nitrogens with one attached hydrogen (secondary N) is 2. The predicted molar refractivity (Wildman–Crippen MR) is 128 cm³/mol. The van der Waals surface area contributed by atoms with E-state index in [4.69, 9.17) is 11.6 Å². The van der Waals surface area contributed by atoms with Crippen molar-refractivity contribution in [3.8, 4) is 0 Å². The molecule has 0 atom stereocenters. The van der Waals surface area contributed by atoms with Gasteiger partial charge in [-0.25, -0.2) is 9.97 Å². The molecule has 0 aliphatic carbocycles. The van der Waals surface area contributed by atoms with Crippen LogP contribution in [0, 0.1) is 0 Å². The lowest BCUT2D eigenvalue weighted by molar-refractivity contribution is -0.111. The van der Waals surface area contributed by atoms with Gasteiger partial charge in [0.15, 0.2) is 0 Å². The summed E-state index contributed by atoms with van der Waals surface area (Å²) >= 11 is 8.14. The number of hydrogen-bond acceptors (Lipinski definition) is 5. The Morgan fingerprint density at radius 1 is 1.00 bits per heavy atom. The van der Waals surface area contributed by atoms with Crippen LogP contribution in [0.4, 0.5) is 17.2 Å². The van der Waals surface area contributed by atoms with Crippen LogP contribution in [-0.4, -0.2) is 15.9 Å². The van der Waals surface area contributed by atoms with Crippen molar-refractivity contribution in [2.75, 3.05) is 10.6 Å². The maximum Gasteiger partial charge on any atom is 0.248 e. The van der Waals surface area contributed by atoms with Crippen molar-refractivity contribution in [2.24, 2.45) is 0 Å². The molecule has 0 aliphatic heterocycles. The summed E-state index contributed by atoms with van der Waals surface area (Å²) in [6.45, 7) is 1.80. The molecular formula is C24H19ClN4OS. The zero-order valence-electron chi connectivity index (χ0n) is 16.7. The van der Waals surface area contributed by atoms with Gasteiger partial charge in [-0.05, 0) is 61.5 Å². The van der Waals surface area contributed by atoms with Gasteiger partial charge in [-0.15, -0.1) is 0 Å². The third-order valence-corrected chi connectivity index (χ3v) is 5.90. The van der Waals surface area contributed by atoms with Crippen molar-refractivity contribution >= 4 is 57.4 Å². The first kappa shape index (κ1) is 20.9. The minimum atomic E-state index is -0.188. The molecule has 2 N–H and O–H groups in total. The van der Waals surface area contributed by atoms with Crippen molar-refractivity contribution < 1.29 is 4.79 Å². The van der Waals surface area contributed by atoms with E-state index < -0.39 is 0 Å². The predicted octanol–water partition coefficient (Wildman–Crippen LogP) is 6.69. The van der Waals surface area contributed by atoms with Crippen LogP contribution in [-0.2, 0) is 4.79 Å². The van der Waals surface area contributed by atoms with Crippen LogP contribution in [0.2, 0.25) is 5.02 Å². The van der Waals surface area contributed by atoms with Gasteiger partial charge in [0.05, 0.1) is 10.5 Å². The van der Waals surface area contributed by atoms with E-state index in [9.17, 15) is 4.79 Å². The molecule has 4 rings (SSSR count). The van der Waals surface area contributed by atoms with Crippen molar-refractivity contribution in [3.63, 3.8) is 0 Å². The lowest BCUT2D eigenvalue weighted by atomic mass is 10.2. The normalized spacial score (nSPS) is 11.0. The van der Waals surface area contributed by atoms with E-state index in [1.165, 1.54) is 12.4 Å². The molecule has 4 aromatic rings. The number of anilines is 3. The van der Waals surface area contributed by atoms with Gasteiger partial charge in [0.1, 0.15) is 12.1 Å². The third-order valence-electron chi connectivity index (χ3n) is 4.39. The number of hydrogen-bond donors (Lipinski definition) is 2. The molecule has 0 saturated carbocycles. The van der Waals surface area contributed by atoms with E-state index in [0.717, 1.165) is 26.4 Å². The lowest BCUT2D eigenvalue weighted by Gasteiger charge is -2.11. The molecule has 5 nitrogen and oxygen atoms in total. The molecule has 0 bridgehead atoms. The topological polar surface area (TPSA) is 66.9 Å². The molecule has 0 saturated heterocycles. The molecule has 3 aromatic carbocycles. The zero-order chi connectivity index (χ0) is 21.6. The Morgan fingerprint density at radius 2 is 1.81 bits per heavy atom. The molecule has 0 fully saturated rings. The minimum Gasteiger partial charge on any atom is -0.340 e. The van der Waals surface area contributed by atoms with Gasteiger partial charge in [-0.3, -0.25) is 4.79 Å². The smallest absolute Gasteiger partial charge is 0.248 e. The summed E-state index contributed by atoms with van der Waals surface area (Å²) in [6, 6.07) is 21.4. The second-order valence-electron chi connectivity index (χ2n) is 6.63. The summed E-state index contributed by atoms with van der Waals surface area (Å²) < 4.78 is 0. The van der Waals surface area contributed by atoms with Crippen LogP contribution < -0.4 is 10.6 Å². The van der Waals surface area contributed by atoms with E-state index in [0.29, 0.717) is 16.5 Å². The molecule has 1 amide bonds. The van der Waals surface area contributed by atoms with E-state index in [1.807, 2.05) is 66.7 Å². The standard InChI is InChI=1S/C24H19ClN4OS/c1-2-6-23(30)28-16-9-11-21-19(13-16)24(27-15-26-21)29-17-10-12-22(20(25)14-17)31-18-7-4-3-5-8-18/h2-15H,1H3,(H,28,30)(H,26,27,29)/b6-2+. The van der Waals surface area contributed by atoms with E-state index >= 15 is 0 Å². The summed E-state index contributed by atoms with van der Waals surface area (Å²) in [6.07, 6.45) is 4.67. The highest BCUT2D eigenvalue weighted by molar-refractivity contribution is 7.99.